The number of nitrogens with two attached hydrogens (primary N) is 1. The molecule has 0 spiro atoms. The van der Waals surface area contributed by atoms with Gasteiger partial charge in [-0.1, -0.05) is 22.0 Å². The second-order valence-electron chi connectivity index (χ2n) is 3.59. The first-order chi connectivity index (χ1) is 7.06. The Balaban J connectivity index is 2.89. The molecule has 1 rings (SSSR count). The van der Waals surface area contributed by atoms with E-state index in [1.54, 1.807) is 0 Å². The van der Waals surface area contributed by atoms with Gasteiger partial charge in [0, 0.05) is 4.47 Å². The molecule has 2 atom stereocenters. The SMILES string of the molecule is Cc1ccc(Br)cc1C(O)C(O)CCN. The molecule has 3 nitrogen and oxygen atoms in total. The molecule has 84 valence electrons. The number of aliphatic hydroxyl groups is 2. The maximum atomic E-state index is 9.90. The van der Waals surface area contributed by atoms with Gasteiger partial charge >= 0.3 is 0 Å². The van der Waals surface area contributed by atoms with Gasteiger partial charge in [0.05, 0.1) is 6.10 Å². The first-order valence-electron chi connectivity index (χ1n) is 4.88. The molecule has 0 radical (unpaired) electrons. The normalized spacial score (nSPS) is 15.0. The maximum Gasteiger partial charge on any atom is 0.105 e. The van der Waals surface area contributed by atoms with Crippen LogP contribution in [-0.4, -0.2) is 22.9 Å². The van der Waals surface area contributed by atoms with Crippen molar-refractivity contribution in [3.8, 4) is 0 Å². The fourth-order valence-corrected chi connectivity index (χ4v) is 1.84. The molecule has 0 amide bonds. The summed E-state index contributed by atoms with van der Waals surface area (Å²) in [5.41, 5.74) is 7.03. The van der Waals surface area contributed by atoms with E-state index in [2.05, 4.69) is 15.9 Å². The Hall–Kier alpha value is -0.420. The Kier molecular flexibility index (Phi) is 4.73. The van der Waals surface area contributed by atoms with Crippen LogP contribution in [0.4, 0.5) is 0 Å². The first-order valence-corrected chi connectivity index (χ1v) is 5.67. The Labute approximate surface area is 98.1 Å². The molecule has 0 fully saturated rings. The van der Waals surface area contributed by atoms with Crippen molar-refractivity contribution >= 4 is 15.9 Å². The number of halogens is 1. The summed E-state index contributed by atoms with van der Waals surface area (Å²) in [7, 11) is 0. The van der Waals surface area contributed by atoms with E-state index >= 15 is 0 Å². The Bertz CT molecular complexity index is 330. The smallest absolute Gasteiger partial charge is 0.105 e. The third-order valence-electron chi connectivity index (χ3n) is 2.39. The molecule has 0 heterocycles. The molecule has 4 N–H and O–H groups in total. The summed E-state index contributed by atoms with van der Waals surface area (Å²) in [5.74, 6) is 0. The van der Waals surface area contributed by atoms with Gasteiger partial charge in [0.15, 0.2) is 0 Å². The number of benzene rings is 1. The molecule has 0 aliphatic rings. The minimum atomic E-state index is -0.869. The van der Waals surface area contributed by atoms with E-state index in [0.29, 0.717) is 13.0 Å². The molecule has 1 aromatic rings. The van der Waals surface area contributed by atoms with Gasteiger partial charge in [-0.3, -0.25) is 0 Å². The molecular formula is C11H16BrNO2. The summed E-state index contributed by atoms with van der Waals surface area (Å²) in [4.78, 5) is 0. The van der Waals surface area contributed by atoms with E-state index in [-0.39, 0.29) is 0 Å². The van der Waals surface area contributed by atoms with Gasteiger partial charge < -0.3 is 15.9 Å². The van der Waals surface area contributed by atoms with Gasteiger partial charge in [-0.15, -0.1) is 0 Å². The van der Waals surface area contributed by atoms with E-state index in [1.807, 2.05) is 25.1 Å². The molecule has 4 heteroatoms. The van der Waals surface area contributed by atoms with Crippen LogP contribution in [0.1, 0.15) is 23.7 Å². The van der Waals surface area contributed by atoms with Crippen molar-refractivity contribution in [1.82, 2.24) is 0 Å². The lowest BCUT2D eigenvalue weighted by Gasteiger charge is -2.19. The number of aliphatic hydroxyl groups excluding tert-OH is 2. The van der Waals surface area contributed by atoms with Crippen LogP contribution in [-0.2, 0) is 0 Å². The summed E-state index contributed by atoms with van der Waals surface area (Å²) in [6, 6.07) is 5.62. The van der Waals surface area contributed by atoms with Gasteiger partial charge in [-0.05, 0) is 43.1 Å². The zero-order valence-corrected chi connectivity index (χ0v) is 10.2. The third kappa shape index (κ3) is 3.28. The number of hydrogen-bond donors (Lipinski definition) is 3. The predicted molar refractivity (Wildman–Crippen MR) is 63.5 cm³/mol. The highest BCUT2D eigenvalue weighted by molar-refractivity contribution is 9.10. The number of rotatable bonds is 4. The van der Waals surface area contributed by atoms with Gasteiger partial charge in [0.2, 0.25) is 0 Å². The van der Waals surface area contributed by atoms with Crippen molar-refractivity contribution in [2.45, 2.75) is 25.6 Å². The maximum absolute atomic E-state index is 9.90. The van der Waals surface area contributed by atoms with Crippen LogP contribution in [0.15, 0.2) is 22.7 Å². The minimum Gasteiger partial charge on any atom is -0.390 e. The van der Waals surface area contributed by atoms with Crippen molar-refractivity contribution < 1.29 is 10.2 Å². The molecule has 1 aromatic carbocycles. The van der Waals surface area contributed by atoms with E-state index in [0.717, 1.165) is 15.6 Å². The lowest BCUT2D eigenvalue weighted by atomic mass is 9.98. The monoisotopic (exact) mass is 273 g/mol. The molecule has 0 aliphatic heterocycles. The summed E-state index contributed by atoms with van der Waals surface area (Å²) in [6.07, 6.45) is -1.28. The largest absolute Gasteiger partial charge is 0.390 e. The van der Waals surface area contributed by atoms with Crippen LogP contribution < -0.4 is 5.73 Å². The van der Waals surface area contributed by atoms with E-state index < -0.39 is 12.2 Å². The lowest BCUT2D eigenvalue weighted by molar-refractivity contribution is 0.0146. The molecular weight excluding hydrogens is 258 g/mol. The topological polar surface area (TPSA) is 66.5 Å². The van der Waals surface area contributed by atoms with Crippen molar-refractivity contribution in [3.63, 3.8) is 0 Å². The molecule has 0 saturated carbocycles. The summed E-state index contributed by atoms with van der Waals surface area (Å²) in [5, 5.41) is 19.5. The van der Waals surface area contributed by atoms with Gasteiger partial charge in [-0.25, -0.2) is 0 Å². The highest BCUT2D eigenvalue weighted by Gasteiger charge is 2.19. The molecule has 0 bridgehead atoms. The van der Waals surface area contributed by atoms with Crippen LogP contribution in [0.25, 0.3) is 0 Å². The van der Waals surface area contributed by atoms with Gasteiger partial charge in [0.25, 0.3) is 0 Å². The number of aryl methyl sites for hydroxylation is 1. The van der Waals surface area contributed by atoms with Crippen LogP contribution in [0, 0.1) is 6.92 Å². The van der Waals surface area contributed by atoms with Crippen LogP contribution >= 0.6 is 15.9 Å². The van der Waals surface area contributed by atoms with Gasteiger partial charge in [-0.2, -0.15) is 0 Å². The lowest BCUT2D eigenvalue weighted by Crippen LogP contribution is -2.22. The summed E-state index contributed by atoms with van der Waals surface area (Å²) in [6.45, 7) is 2.27. The quantitative estimate of drug-likeness (QED) is 0.779. The zero-order chi connectivity index (χ0) is 11.4. The standard InChI is InChI=1S/C11H16BrNO2/c1-7-2-3-8(12)6-9(7)11(15)10(14)4-5-13/h2-3,6,10-11,14-15H,4-5,13H2,1H3. The van der Waals surface area contributed by atoms with Crippen LogP contribution in [0.3, 0.4) is 0 Å². The average molecular weight is 274 g/mol. The fraction of sp³-hybridized carbons (Fsp3) is 0.455. The fourth-order valence-electron chi connectivity index (χ4n) is 1.47. The van der Waals surface area contributed by atoms with E-state index in [4.69, 9.17) is 5.73 Å². The average Bonchev–Trinajstić information content (AvgIpc) is 2.21. The number of hydrogen-bond acceptors (Lipinski definition) is 3. The molecule has 0 aliphatic carbocycles. The Morgan fingerprint density at radius 3 is 2.67 bits per heavy atom. The van der Waals surface area contributed by atoms with E-state index in [1.165, 1.54) is 0 Å². The second kappa shape index (κ2) is 5.61. The van der Waals surface area contributed by atoms with Crippen LogP contribution in [0.2, 0.25) is 0 Å². The zero-order valence-electron chi connectivity index (χ0n) is 8.65. The second-order valence-corrected chi connectivity index (χ2v) is 4.51. The Morgan fingerprint density at radius 2 is 2.07 bits per heavy atom. The van der Waals surface area contributed by atoms with Crippen molar-refractivity contribution in [3.05, 3.63) is 33.8 Å². The molecule has 2 unspecified atom stereocenters. The highest BCUT2D eigenvalue weighted by atomic mass is 79.9. The molecule has 0 saturated heterocycles. The highest BCUT2D eigenvalue weighted by Crippen LogP contribution is 2.25. The van der Waals surface area contributed by atoms with Crippen molar-refractivity contribution in [2.24, 2.45) is 5.73 Å². The van der Waals surface area contributed by atoms with Crippen molar-refractivity contribution in [1.29, 1.82) is 0 Å². The molecule has 15 heavy (non-hydrogen) atoms. The third-order valence-corrected chi connectivity index (χ3v) is 2.88. The summed E-state index contributed by atoms with van der Waals surface area (Å²) >= 11 is 3.34. The van der Waals surface area contributed by atoms with Gasteiger partial charge in [0.1, 0.15) is 6.10 Å². The first kappa shape index (κ1) is 12.6. The van der Waals surface area contributed by atoms with Crippen LogP contribution in [0.5, 0.6) is 0 Å². The van der Waals surface area contributed by atoms with Crippen molar-refractivity contribution in [2.75, 3.05) is 6.54 Å². The summed E-state index contributed by atoms with van der Waals surface area (Å²) < 4.78 is 0.891. The predicted octanol–water partition coefficient (Wildman–Crippen LogP) is 1.50. The molecule has 0 aromatic heterocycles. The minimum absolute atomic E-state index is 0.366. The van der Waals surface area contributed by atoms with E-state index in [9.17, 15) is 10.2 Å². The Morgan fingerprint density at radius 1 is 1.40 bits per heavy atom.